The van der Waals surface area contributed by atoms with Gasteiger partial charge in [0.2, 0.25) is 0 Å². The van der Waals surface area contributed by atoms with Crippen LogP contribution >= 0.6 is 0 Å². The Bertz CT molecular complexity index is 293. The average Bonchev–Trinajstić information content (AvgIpc) is 2.18. The van der Waals surface area contributed by atoms with Gasteiger partial charge >= 0.3 is 0 Å². The molecule has 0 heterocycles. The Labute approximate surface area is 90.3 Å². The van der Waals surface area contributed by atoms with Crippen molar-refractivity contribution in [1.29, 1.82) is 0 Å². The molecule has 0 aromatic heterocycles. The first-order chi connectivity index (χ1) is 6.94. The molecule has 0 radical (unpaired) electrons. The standard InChI is InChI=1S/C12H18O3/c1-9(15-10(2)13)12(3,14)11-7-5-4-6-8-11/h4-10,13-14H,1-3H3. The zero-order chi connectivity index (χ0) is 11.5. The number of hydrogen-bond acceptors (Lipinski definition) is 3. The molecule has 0 aliphatic heterocycles. The first-order valence-corrected chi connectivity index (χ1v) is 5.06. The summed E-state index contributed by atoms with van der Waals surface area (Å²) in [5.41, 5.74) is -0.323. The Morgan fingerprint density at radius 2 is 1.73 bits per heavy atom. The third kappa shape index (κ3) is 3.02. The number of rotatable bonds is 4. The smallest absolute Gasteiger partial charge is 0.152 e. The van der Waals surface area contributed by atoms with Gasteiger partial charge in [-0.05, 0) is 26.3 Å². The van der Waals surface area contributed by atoms with Gasteiger partial charge in [0, 0.05) is 0 Å². The van der Waals surface area contributed by atoms with E-state index in [2.05, 4.69) is 0 Å². The van der Waals surface area contributed by atoms with Gasteiger partial charge < -0.3 is 14.9 Å². The minimum atomic E-state index is -1.10. The largest absolute Gasteiger partial charge is 0.383 e. The average molecular weight is 210 g/mol. The third-order valence-electron chi connectivity index (χ3n) is 2.55. The first kappa shape index (κ1) is 12.2. The van der Waals surface area contributed by atoms with Gasteiger partial charge in [-0.15, -0.1) is 0 Å². The van der Waals surface area contributed by atoms with Crippen molar-refractivity contribution in [3.8, 4) is 0 Å². The first-order valence-electron chi connectivity index (χ1n) is 5.06. The molecule has 0 amide bonds. The summed E-state index contributed by atoms with van der Waals surface area (Å²) >= 11 is 0. The topological polar surface area (TPSA) is 49.7 Å². The molecule has 1 aromatic carbocycles. The molecule has 0 aliphatic carbocycles. The molecule has 0 bridgehead atoms. The van der Waals surface area contributed by atoms with Crippen molar-refractivity contribution in [3.63, 3.8) is 0 Å². The van der Waals surface area contributed by atoms with Crippen LogP contribution in [0.5, 0.6) is 0 Å². The van der Waals surface area contributed by atoms with Crippen molar-refractivity contribution in [1.82, 2.24) is 0 Å². The van der Waals surface area contributed by atoms with E-state index >= 15 is 0 Å². The number of hydrogen-bond donors (Lipinski definition) is 2. The molecule has 1 rings (SSSR count). The minimum absolute atomic E-state index is 0.472. The van der Waals surface area contributed by atoms with E-state index in [1.807, 2.05) is 30.3 Å². The molecular weight excluding hydrogens is 192 g/mol. The summed E-state index contributed by atoms with van der Waals surface area (Å²) < 4.78 is 5.17. The SMILES string of the molecule is CC(O)OC(C)C(C)(O)c1ccccc1. The van der Waals surface area contributed by atoms with Crippen molar-refractivity contribution < 1.29 is 14.9 Å². The molecule has 84 valence electrons. The maximum atomic E-state index is 10.3. The van der Waals surface area contributed by atoms with Crippen LogP contribution in [0.4, 0.5) is 0 Å². The fourth-order valence-electron chi connectivity index (χ4n) is 1.44. The molecule has 0 aliphatic rings. The lowest BCUT2D eigenvalue weighted by Gasteiger charge is -2.31. The molecule has 15 heavy (non-hydrogen) atoms. The maximum Gasteiger partial charge on any atom is 0.152 e. The van der Waals surface area contributed by atoms with Gasteiger partial charge in [-0.2, -0.15) is 0 Å². The normalized spacial score (nSPS) is 19.3. The van der Waals surface area contributed by atoms with Crippen LogP contribution < -0.4 is 0 Å². The van der Waals surface area contributed by atoms with E-state index in [-0.39, 0.29) is 0 Å². The molecule has 0 fully saturated rings. The lowest BCUT2D eigenvalue weighted by molar-refractivity contribution is -0.180. The van der Waals surface area contributed by atoms with E-state index < -0.39 is 18.0 Å². The summed E-state index contributed by atoms with van der Waals surface area (Å²) in [6.45, 7) is 4.94. The second kappa shape index (κ2) is 4.75. The molecule has 2 N–H and O–H groups in total. The van der Waals surface area contributed by atoms with Crippen molar-refractivity contribution in [2.45, 2.75) is 38.8 Å². The third-order valence-corrected chi connectivity index (χ3v) is 2.55. The van der Waals surface area contributed by atoms with E-state index in [0.29, 0.717) is 0 Å². The van der Waals surface area contributed by atoms with Crippen LogP contribution in [0.1, 0.15) is 26.3 Å². The van der Waals surface area contributed by atoms with Gasteiger partial charge in [0.25, 0.3) is 0 Å². The minimum Gasteiger partial charge on any atom is -0.383 e. The molecular formula is C12H18O3. The molecule has 3 heteroatoms. The summed E-state index contributed by atoms with van der Waals surface area (Å²) in [6, 6.07) is 9.28. The summed E-state index contributed by atoms with van der Waals surface area (Å²) in [5.74, 6) is 0. The van der Waals surface area contributed by atoms with E-state index in [9.17, 15) is 5.11 Å². The number of aliphatic hydroxyl groups is 2. The summed E-state index contributed by atoms with van der Waals surface area (Å²) in [4.78, 5) is 0. The van der Waals surface area contributed by atoms with Crippen LogP contribution in [-0.2, 0) is 10.3 Å². The van der Waals surface area contributed by atoms with Crippen molar-refractivity contribution in [2.75, 3.05) is 0 Å². The molecule has 1 aromatic rings. The Kier molecular flexibility index (Phi) is 3.85. The van der Waals surface area contributed by atoms with Gasteiger partial charge in [-0.1, -0.05) is 30.3 Å². The predicted octanol–water partition coefficient (Wildman–Crippen LogP) is 1.64. The maximum absolute atomic E-state index is 10.3. The summed E-state index contributed by atoms with van der Waals surface area (Å²) in [7, 11) is 0. The molecule has 0 saturated heterocycles. The van der Waals surface area contributed by atoms with Crippen LogP contribution in [0.3, 0.4) is 0 Å². The van der Waals surface area contributed by atoms with E-state index in [1.54, 1.807) is 13.8 Å². The Morgan fingerprint density at radius 1 is 1.20 bits per heavy atom. The van der Waals surface area contributed by atoms with Gasteiger partial charge in [0.15, 0.2) is 6.29 Å². The predicted molar refractivity (Wildman–Crippen MR) is 58.2 cm³/mol. The highest BCUT2D eigenvalue weighted by Crippen LogP contribution is 2.26. The van der Waals surface area contributed by atoms with E-state index in [0.717, 1.165) is 5.56 Å². The number of ether oxygens (including phenoxy) is 1. The zero-order valence-electron chi connectivity index (χ0n) is 9.34. The van der Waals surface area contributed by atoms with Crippen LogP contribution in [-0.4, -0.2) is 22.6 Å². The van der Waals surface area contributed by atoms with Crippen molar-refractivity contribution in [2.24, 2.45) is 0 Å². The summed E-state index contributed by atoms with van der Waals surface area (Å²) in [6.07, 6.45) is -1.35. The lowest BCUT2D eigenvalue weighted by atomic mass is 9.91. The zero-order valence-corrected chi connectivity index (χ0v) is 9.34. The highest BCUT2D eigenvalue weighted by Gasteiger charge is 2.31. The summed E-state index contributed by atoms with van der Waals surface area (Å²) in [5, 5.41) is 19.4. The fraction of sp³-hybridized carbons (Fsp3) is 0.500. The second-order valence-corrected chi connectivity index (χ2v) is 3.89. The monoisotopic (exact) mass is 210 g/mol. The fourth-order valence-corrected chi connectivity index (χ4v) is 1.44. The molecule has 3 nitrogen and oxygen atoms in total. The quantitative estimate of drug-likeness (QED) is 0.743. The van der Waals surface area contributed by atoms with Crippen molar-refractivity contribution >= 4 is 0 Å². The highest BCUT2D eigenvalue weighted by molar-refractivity contribution is 5.22. The van der Waals surface area contributed by atoms with Crippen LogP contribution in [0.2, 0.25) is 0 Å². The van der Waals surface area contributed by atoms with Gasteiger partial charge in [0.1, 0.15) is 5.60 Å². The Balaban J connectivity index is 2.82. The molecule has 3 atom stereocenters. The van der Waals surface area contributed by atoms with Crippen LogP contribution in [0.15, 0.2) is 30.3 Å². The lowest BCUT2D eigenvalue weighted by Crippen LogP contribution is -2.38. The number of benzene rings is 1. The van der Waals surface area contributed by atoms with E-state index in [4.69, 9.17) is 9.84 Å². The van der Waals surface area contributed by atoms with Gasteiger partial charge in [-0.25, -0.2) is 0 Å². The van der Waals surface area contributed by atoms with Crippen LogP contribution in [0.25, 0.3) is 0 Å². The van der Waals surface area contributed by atoms with Gasteiger partial charge in [0.05, 0.1) is 6.10 Å². The number of aliphatic hydroxyl groups excluding tert-OH is 1. The molecule has 3 unspecified atom stereocenters. The van der Waals surface area contributed by atoms with Gasteiger partial charge in [-0.3, -0.25) is 0 Å². The molecule has 0 saturated carbocycles. The van der Waals surface area contributed by atoms with E-state index in [1.165, 1.54) is 6.92 Å². The Hall–Kier alpha value is -0.900. The van der Waals surface area contributed by atoms with Crippen LogP contribution in [0, 0.1) is 0 Å². The highest BCUT2D eigenvalue weighted by atomic mass is 16.6. The second-order valence-electron chi connectivity index (χ2n) is 3.89. The Morgan fingerprint density at radius 3 is 2.20 bits per heavy atom. The van der Waals surface area contributed by atoms with Crippen molar-refractivity contribution in [3.05, 3.63) is 35.9 Å². The molecule has 0 spiro atoms.